The molecular weight excluding hydrogens is 428 g/mol. The Morgan fingerprint density at radius 2 is 1.94 bits per heavy atom. The third-order valence-corrected chi connectivity index (χ3v) is 7.10. The minimum atomic E-state index is -1.31. The zero-order valence-corrected chi connectivity index (χ0v) is 19.9. The number of carbonyl (C=O) groups is 4. The number of esters is 3. The maximum Gasteiger partial charge on any atom is 0.334 e. The Bertz CT molecular complexity index is 952. The number of ketones is 1. The summed E-state index contributed by atoms with van der Waals surface area (Å²) in [5.74, 6) is -4.12. The van der Waals surface area contributed by atoms with Gasteiger partial charge in [0.1, 0.15) is 18.3 Å². The molecule has 1 saturated carbocycles. The Labute approximate surface area is 193 Å². The van der Waals surface area contributed by atoms with Crippen molar-refractivity contribution < 1.29 is 38.5 Å². The summed E-state index contributed by atoms with van der Waals surface area (Å²) < 4.78 is 17.3. The van der Waals surface area contributed by atoms with Gasteiger partial charge in [0, 0.05) is 17.1 Å². The summed E-state index contributed by atoms with van der Waals surface area (Å²) in [7, 11) is 0. The van der Waals surface area contributed by atoms with Crippen molar-refractivity contribution in [3.05, 3.63) is 36.0 Å². The summed E-state index contributed by atoms with van der Waals surface area (Å²) in [4.78, 5) is 51.4. The van der Waals surface area contributed by atoms with E-state index in [1.807, 2.05) is 6.92 Å². The Hall–Kier alpha value is -2.74. The summed E-state index contributed by atoms with van der Waals surface area (Å²) in [5.41, 5.74) is -2.22. The van der Waals surface area contributed by atoms with Crippen LogP contribution >= 0.6 is 0 Å². The highest BCUT2D eigenvalue weighted by Crippen LogP contribution is 2.55. The first kappa shape index (κ1) is 24.9. The van der Waals surface area contributed by atoms with Crippen LogP contribution in [0.3, 0.4) is 0 Å². The average Bonchev–Trinajstić information content (AvgIpc) is 2.99. The molecule has 0 aromatic heterocycles. The molecule has 3 rings (SSSR count). The quantitative estimate of drug-likeness (QED) is 0.378. The summed E-state index contributed by atoms with van der Waals surface area (Å²) in [6, 6.07) is 0. The van der Waals surface area contributed by atoms with Crippen LogP contribution in [-0.2, 0) is 33.4 Å². The first-order valence-corrected chi connectivity index (χ1v) is 11.1. The van der Waals surface area contributed by atoms with Gasteiger partial charge in [-0.1, -0.05) is 25.7 Å². The van der Waals surface area contributed by atoms with E-state index in [1.165, 1.54) is 19.9 Å². The fourth-order valence-electron chi connectivity index (χ4n) is 5.14. The molecule has 0 unspecified atom stereocenters. The molecule has 180 valence electrons. The lowest BCUT2D eigenvalue weighted by molar-refractivity contribution is -0.190. The second-order valence-corrected chi connectivity index (χ2v) is 10.1. The Kier molecular flexibility index (Phi) is 6.45. The van der Waals surface area contributed by atoms with Crippen LogP contribution in [0.5, 0.6) is 0 Å². The summed E-state index contributed by atoms with van der Waals surface area (Å²) in [6.07, 6.45) is 1.45. The lowest BCUT2D eigenvalue weighted by atomic mass is 9.67. The lowest BCUT2D eigenvalue weighted by Crippen LogP contribution is -2.55. The van der Waals surface area contributed by atoms with Gasteiger partial charge in [0.2, 0.25) is 0 Å². The number of aliphatic hydroxyl groups is 1. The van der Waals surface area contributed by atoms with Crippen molar-refractivity contribution in [1.29, 1.82) is 0 Å². The van der Waals surface area contributed by atoms with Crippen molar-refractivity contribution in [1.82, 2.24) is 0 Å². The van der Waals surface area contributed by atoms with Gasteiger partial charge >= 0.3 is 17.9 Å². The molecule has 1 saturated heterocycles. The maximum atomic E-state index is 13.2. The predicted octanol–water partition coefficient (Wildman–Crippen LogP) is 2.45. The molecule has 2 aliphatic carbocycles. The van der Waals surface area contributed by atoms with Gasteiger partial charge in [-0.15, -0.1) is 0 Å². The molecular formula is C25H32O8. The van der Waals surface area contributed by atoms with E-state index in [0.29, 0.717) is 5.57 Å². The fourth-order valence-corrected chi connectivity index (χ4v) is 5.14. The Morgan fingerprint density at radius 1 is 1.30 bits per heavy atom. The predicted molar refractivity (Wildman–Crippen MR) is 118 cm³/mol. The van der Waals surface area contributed by atoms with Crippen LogP contribution in [0, 0.1) is 23.2 Å². The average molecular weight is 461 g/mol. The highest BCUT2D eigenvalue weighted by Gasteiger charge is 2.65. The van der Waals surface area contributed by atoms with E-state index < -0.39 is 65.0 Å². The first-order valence-electron chi connectivity index (χ1n) is 11.1. The van der Waals surface area contributed by atoms with Crippen molar-refractivity contribution in [2.45, 2.75) is 71.9 Å². The molecule has 1 N–H and O–H groups in total. The van der Waals surface area contributed by atoms with Crippen molar-refractivity contribution in [3.8, 4) is 0 Å². The van der Waals surface area contributed by atoms with Gasteiger partial charge in [-0.05, 0) is 46.6 Å². The number of fused-ring (bicyclic) bond motifs is 3. The van der Waals surface area contributed by atoms with Crippen molar-refractivity contribution in [2.24, 2.45) is 23.2 Å². The van der Waals surface area contributed by atoms with Crippen LogP contribution in [-0.4, -0.2) is 52.7 Å². The third-order valence-electron chi connectivity index (χ3n) is 7.10. The molecule has 0 radical (unpaired) electrons. The SMILES string of the molecule is C=C1C(=O)O[C@H]2[C@H](C)[C@H]3C=CC(=O)[C@]3(C)[C@H](OC(=O)C(C)=CC)[C@@H]1[C@H]2OC(=O)CC(C)(C)O. The molecule has 1 heterocycles. The molecule has 2 fully saturated rings. The zero-order valence-electron chi connectivity index (χ0n) is 19.9. The van der Waals surface area contributed by atoms with Gasteiger partial charge in [0.05, 0.1) is 23.4 Å². The highest BCUT2D eigenvalue weighted by molar-refractivity contribution is 5.99. The van der Waals surface area contributed by atoms with E-state index in [9.17, 15) is 24.3 Å². The number of ether oxygens (including phenoxy) is 3. The second kappa shape index (κ2) is 8.56. The number of rotatable bonds is 5. The minimum Gasteiger partial charge on any atom is -0.457 e. The smallest absolute Gasteiger partial charge is 0.334 e. The standard InChI is InChI=1S/C25H32O8/c1-8-12(2)22(28)33-21-18-14(4)23(29)32-19(20(18)31-17(27)11-24(5,6)30)13(3)15-9-10-16(26)25(15,21)7/h8-10,13,15,18-21,30H,4,11H2,1-3,5-7H3/t13-,15-,18+,19+,20-,21-,25-/m1/s1. The van der Waals surface area contributed by atoms with E-state index in [0.717, 1.165) is 0 Å². The van der Waals surface area contributed by atoms with Gasteiger partial charge in [0.25, 0.3) is 0 Å². The molecule has 33 heavy (non-hydrogen) atoms. The largest absolute Gasteiger partial charge is 0.457 e. The van der Waals surface area contributed by atoms with Crippen LogP contribution in [0.15, 0.2) is 36.0 Å². The molecule has 0 amide bonds. The fraction of sp³-hybridized carbons (Fsp3) is 0.600. The monoisotopic (exact) mass is 460 g/mol. The summed E-state index contributed by atoms with van der Waals surface area (Å²) >= 11 is 0. The summed E-state index contributed by atoms with van der Waals surface area (Å²) in [6.45, 7) is 13.6. The molecule has 0 aromatic rings. The van der Waals surface area contributed by atoms with E-state index in [2.05, 4.69) is 6.58 Å². The molecule has 7 atom stereocenters. The number of hydrogen-bond donors (Lipinski definition) is 1. The van der Waals surface area contributed by atoms with Gasteiger partial charge in [-0.2, -0.15) is 0 Å². The molecule has 2 bridgehead atoms. The molecule has 8 nitrogen and oxygen atoms in total. The van der Waals surface area contributed by atoms with Crippen LogP contribution < -0.4 is 0 Å². The first-order chi connectivity index (χ1) is 15.2. The maximum absolute atomic E-state index is 13.2. The number of allylic oxidation sites excluding steroid dienone is 3. The van der Waals surface area contributed by atoms with Gasteiger partial charge in [0.15, 0.2) is 5.78 Å². The second-order valence-electron chi connectivity index (χ2n) is 10.1. The number of hydrogen-bond acceptors (Lipinski definition) is 8. The summed E-state index contributed by atoms with van der Waals surface area (Å²) in [5, 5.41) is 10.1. The Morgan fingerprint density at radius 3 is 2.52 bits per heavy atom. The lowest BCUT2D eigenvalue weighted by Gasteiger charge is -2.42. The molecule has 3 aliphatic rings. The zero-order chi connectivity index (χ0) is 24.9. The third kappa shape index (κ3) is 4.28. The normalized spacial score (nSPS) is 36.1. The van der Waals surface area contributed by atoms with Crippen molar-refractivity contribution in [2.75, 3.05) is 0 Å². The van der Waals surface area contributed by atoms with Crippen LogP contribution in [0.1, 0.15) is 48.0 Å². The molecule has 0 spiro atoms. The van der Waals surface area contributed by atoms with E-state index in [4.69, 9.17) is 14.2 Å². The van der Waals surface area contributed by atoms with E-state index in [1.54, 1.807) is 32.9 Å². The van der Waals surface area contributed by atoms with Gasteiger partial charge < -0.3 is 19.3 Å². The van der Waals surface area contributed by atoms with Crippen LogP contribution in [0.25, 0.3) is 0 Å². The number of carbonyl (C=O) groups excluding carboxylic acids is 4. The molecule has 8 heteroatoms. The van der Waals surface area contributed by atoms with E-state index in [-0.39, 0.29) is 17.8 Å². The Balaban J connectivity index is 2.14. The van der Waals surface area contributed by atoms with E-state index >= 15 is 0 Å². The highest BCUT2D eigenvalue weighted by atomic mass is 16.6. The van der Waals surface area contributed by atoms with Crippen LogP contribution in [0.2, 0.25) is 0 Å². The van der Waals surface area contributed by atoms with Gasteiger partial charge in [-0.25, -0.2) is 9.59 Å². The molecule has 1 aliphatic heterocycles. The topological polar surface area (TPSA) is 116 Å². The van der Waals surface area contributed by atoms with Crippen LogP contribution in [0.4, 0.5) is 0 Å². The van der Waals surface area contributed by atoms with Gasteiger partial charge in [-0.3, -0.25) is 9.59 Å². The minimum absolute atomic E-state index is 0.0305. The van der Waals surface area contributed by atoms with Crippen molar-refractivity contribution >= 4 is 23.7 Å². The molecule has 0 aromatic carbocycles. The van der Waals surface area contributed by atoms with Crippen molar-refractivity contribution in [3.63, 3.8) is 0 Å².